The van der Waals surface area contributed by atoms with E-state index in [1.54, 1.807) is 0 Å². The first-order valence-corrected chi connectivity index (χ1v) is 4.98. The molecule has 0 radical (unpaired) electrons. The Morgan fingerprint density at radius 3 is 2.43 bits per heavy atom. The summed E-state index contributed by atoms with van der Waals surface area (Å²) in [6.45, 7) is 3.62. The van der Waals surface area contributed by atoms with Gasteiger partial charge in [0.15, 0.2) is 0 Å². The Morgan fingerprint density at radius 2 is 2.00 bits per heavy atom. The molecule has 0 aliphatic rings. The van der Waals surface area contributed by atoms with Gasteiger partial charge in [-0.2, -0.15) is 0 Å². The molecule has 78 valence electrons. The van der Waals surface area contributed by atoms with E-state index in [0.29, 0.717) is 15.8 Å². The number of hydrogen-bond acceptors (Lipinski definition) is 2. The predicted octanol–water partition coefficient (Wildman–Crippen LogP) is 2.79. The molecule has 2 N–H and O–H groups in total. The third kappa shape index (κ3) is 2.25. The van der Waals surface area contributed by atoms with E-state index in [4.69, 9.17) is 10.5 Å². The zero-order valence-corrected chi connectivity index (χ0v) is 9.98. The maximum absolute atomic E-state index is 13.2. The molecule has 0 aliphatic carbocycles. The molecule has 1 aromatic rings. The van der Waals surface area contributed by atoms with E-state index in [1.807, 2.05) is 13.8 Å². The lowest BCUT2D eigenvalue weighted by Crippen LogP contribution is -2.29. The zero-order chi connectivity index (χ0) is 10.9. The molecule has 0 heterocycles. The maximum Gasteiger partial charge on any atom is 0.136 e. The molecule has 0 unspecified atom stereocenters. The van der Waals surface area contributed by atoms with Crippen molar-refractivity contribution in [2.75, 3.05) is 7.11 Å². The summed E-state index contributed by atoms with van der Waals surface area (Å²) in [5.41, 5.74) is 5.98. The van der Waals surface area contributed by atoms with E-state index >= 15 is 0 Å². The second-order valence-electron chi connectivity index (χ2n) is 3.69. The highest BCUT2D eigenvalue weighted by atomic mass is 79.9. The lowest BCUT2D eigenvalue weighted by atomic mass is 9.95. The van der Waals surface area contributed by atoms with E-state index in [0.717, 1.165) is 0 Å². The minimum Gasteiger partial charge on any atom is -0.495 e. The van der Waals surface area contributed by atoms with Gasteiger partial charge in [0.1, 0.15) is 11.6 Å². The van der Waals surface area contributed by atoms with E-state index in [-0.39, 0.29) is 5.82 Å². The fourth-order valence-corrected chi connectivity index (χ4v) is 2.08. The molecule has 0 aromatic heterocycles. The van der Waals surface area contributed by atoms with Crippen molar-refractivity contribution in [2.45, 2.75) is 19.4 Å². The van der Waals surface area contributed by atoms with Crippen LogP contribution in [0, 0.1) is 5.82 Å². The van der Waals surface area contributed by atoms with Crippen molar-refractivity contribution in [3.8, 4) is 5.75 Å². The van der Waals surface area contributed by atoms with E-state index < -0.39 is 5.54 Å². The van der Waals surface area contributed by atoms with Crippen LogP contribution in [0.15, 0.2) is 16.6 Å². The van der Waals surface area contributed by atoms with Crippen LogP contribution in [-0.2, 0) is 5.54 Å². The largest absolute Gasteiger partial charge is 0.495 e. The Kier molecular flexibility index (Phi) is 3.17. The summed E-state index contributed by atoms with van der Waals surface area (Å²) in [4.78, 5) is 0. The van der Waals surface area contributed by atoms with Crippen molar-refractivity contribution in [2.24, 2.45) is 5.73 Å². The molecule has 0 saturated carbocycles. The number of hydrogen-bond donors (Lipinski definition) is 1. The SMILES string of the molecule is COc1cc(F)cc(C(C)(C)N)c1Br. The number of halogens is 2. The van der Waals surface area contributed by atoms with Gasteiger partial charge in [0.25, 0.3) is 0 Å². The molecular formula is C10H13BrFNO. The quantitative estimate of drug-likeness (QED) is 0.889. The molecule has 0 amide bonds. The first-order valence-electron chi connectivity index (χ1n) is 4.18. The van der Waals surface area contributed by atoms with E-state index in [2.05, 4.69) is 15.9 Å². The van der Waals surface area contributed by atoms with Crippen molar-refractivity contribution < 1.29 is 9.13 Å². The summed E-state index contributed by atoms with van der Waals surface area (Å²) in [7, 11) is 1.49. The van der Waals surface area contributed by atoms with Gasteiger partial charge in [0.05, 0.1) is 11.6 Å². The lowest BCUT2D eigenvalue weighted by molar-refractivity contribution is 0.404. The van der Waals surface area contributed by atoms with Crippen LogP contribution in [0.4, 0.5) is 4.39 Å². The van der Waals surface area contributed by atoms with Crippen molar-refractivity contribution in [1.82, 2.24) is 0 Å². The fraction of sp³-hybridized carbons (Fsp3) is 0.400. The monoisotopic (exact) mass is 261 g/mol. The first-order chi connectivity index (χ1) is 6.36. The molecule has 1 rings (SSSR count). The average Bonchev–Trinajstić information content (AvgIpc) is 2.06. The Balaban J connectivity index is 3.37. The highest BCUT2D eigenvalue weighted by Gasteiger charge is 2.21. The standard InChI is InChI=1S/C10H13BrFNO/c1-10(2,13)7-4-6(12)5-8(14-3)9(7)11/h4-5H,13H2,1-3H3. The third-order valence-electron chi connectivity index (χ3n) is 1.92. The van der Waals surface area contributed by atoms with Gasteiger partial charge in [-0.1, -0.05) is 0 Å². The van der Waals surface area contributed by atoms with Crippen LogP contribution in [0.1, 0.15) is 19.4 Å². The van der Waals surface area contributed by atoms with Gasteiger partial charge in [0.2, 0.25) is 0 Å². The van der Waals surface area contributed by atoms with Crippen LogP contribution in [0.2, 0.25) is 0 Å². The third-order valence-corrected chi connectivity index (χ3v) is 2.74. The average molecular weight is 262 g/mol. The number of benzene rings is 1. The van der Waals surface area contributed by atoms with Crippen molar-refractivity contribution >= 4 is 15.9 Å². The second kappa shape index (κ2) is 3.87. The molecule has 0 fully saturated rings. The van der Waals surface area contributed by atoms with Gasteiger partial charge < -0.3 is 10.5 Å². The van der Waals surface area contributed by atoms with Gasteiger partial charge in [-0.3, -0.25) is 0 Å². The fourth-order valence-electron chi connectivity index (χ4n) is 1.18. The number of ether oxygens (including phenoxy) is 1. The molecule has 0 saturated heterocycles. The van der Waals surface area contributed by atoms with Gasteiger partial charge >= 0.3 is 0 Å². The molecule has 0 aliphatic heterocycles. The molecule has 14 heavy (non-hydrogen) atoms. The normalized spacial score (nSPS) is 11.6. The van der Waals surface area contributed by atoms with Crippen LogP contribution < -0.4 is 10.5 Å². The lowest BCUT2D eigenvalue weighted by Gasteiger charge is -2.22. The Hall–Kier alpha value is -0.610. The highest BCUT2D eigenvalue weighted by molar-refractivity contribution is 9.10. The van der Waals surface area contributed by atoms with E-state index in [1.165, 1.54) is 19.2 Å². The van der Waals surface area contributed by atoms with Crippen molar-refractivity contribution in [3.63, 3.8) is 0 Å². The van der Waals surface area contributed by atoms with Gasteiger partial charge in [-0.05, 0) is 41.4 Å². The number of rotatable bonds is 2. The summed E-state index contributed by atoms with van der Waals surface area (Å²) in [5.74, 6) is 0.108. The van der Waals surface area contributed by atoms with Crippen LogP contribution in [0.5, 0.6) is 5.75 Å². The molecular weight excluding hydrogens is 249 g/mol. The molecule has 1 aromatic carbocycles. The minimum absolute atomic E-state index is 0.349. The summed E-state index contributed by atoms with van der Waals surface area (Å²) < 4.78 is 18.9. The van der Waals surface area contributed by atoms with Crippen LogP contribution in [0.25, 0.3) is 0 Å². The predicted molar refractivity (Wildman–Crippen MR) is 57.9 cm³/mol. The van der Waals surface area contributed by atoms with Gasteiger partial charge in [-0.25, -0.2) is 4.39 Å². The van der Waals surface area contributed by atoms with Crippen molar-refractivity contribution in [1.29, 1.82) is 0 Å². The second-order valence-corrected chi connectivity index (χ2v) is 4.48. The maximum atomic E-state index is 13.2. The zero-order valence-electron chi connectivity index (χ0n) is 8.40. The summed E-state index contributed by atoms with van der Waals surface area (Å²) in [6, 6.07) is 2.73. The topological polar surface area (TPSA) is 35.2 Å². The summed E-state index contributed by atoms with van der Waals surface area (Å²) in [5, 5.41) is 0. The van der Waals surface area contributed by atoms with E-state index in [9.17, 15) is 4.39 Å². The molecule has 0 spiro atoms. The summed E-state index contributed by atoms with van der Waals surface area (Å²) >= 11 is 3.34. The molecule has 0 bridgehead atoms. The van der Waals surface area contributed by atoms with Crippen LogP contribution >= 0.6 is 15.9 Å². The molecule has 4 heteroatoms. The Labute approximate surface area is 91.4 Å². The minimum atomic E-state index is -0.603. The highest BCUT2D eigenvalue weighted by Crippen LogP contribution is 2.34. The van der Waals surface area contributed by atoms with Gasteiger partial charge in [0, 0.05) is 11.6 Å². The van der Waals surface area contributed by atoms with Crippen LogP contribution in [0.3, 0.4) is 0 Å². The van der Waals surface area contributed by atoms with Gasteiger partial charge in [-0.15, -0.1) is 0 Å². The van der Waals surface area contributed by atoms with Crippen molar-refractivity contribution in [3.05, 3.63) is 28.0 Å². The Bertz CT molecular complexity index is 347. The molecule has 0 atom stereocenters. The number of methoxy groups -OCH3 is 1. The first kappa shape index (κ1) is 11.5. The molecule has 2 nitrogen and oxygen atoms in total. The van der Waals surface area contributed by atoms with Crippen LogP contribution in [-0.4, -0.2) is 7.11 Å². The Morgan fingerprint density at radius 1 is 1.43 bits per heavy atom. The smallest absolute Gasteiger partial charge is 0.136 e. The summed E-state index contributed by atoms with van der Waals surface area (Å²) in [6.07, 6.45) is 0. The number of nitrogens with two attached hydrogens (primary N) is 1.